The van der Waals surface area contributed by atoms with Crippen LogP contribution in [-0.2, 0) is 9.84 Å². The molecule has 7 heteroatoms. The lowest BCUT2D eigenvalue weighted by atomic mass is 10.1. The highest BCUT2D eigenvalue weighted by Crippen LogP contribution is 2.30. The highest BCUT2D eigenvalue weighted by molar-refractivity contribution is 9.10. The van der Waals surface area contributed by atoms with Gasteiger partial charge in [0.1, 0.15) is 15.6 Å². The fourth-order valence-electron chi connectivity index (χ4n) is 1.91. The van der Waals surface area contributed by atoms with Gasteiger partial charge in [0.05, 0.1) is 12.9 Å². The molecule has 0 aliphatic rings. The summed E-state index contributed by atoms with van der Waals surface area (Å²) < 4.78 is 28.7. The lowest BCUT2D eigenvalue weighted by Gasteiger charge is -2.28. The van der Waals surface area contributed by atoms with Crippen molar-refractivity contribution in [2.75, 3.05) is 39.3 Å². The number of benzene rings is 1. The highest BCUT2D eigenvalue weighted by atomic mass is 79.9. The monoisotopic (exact) mass is 364 g/mol. The molecule has 1 unspecified atom stereocenters. The number of nitrogens with two attached hydrogens (primary N) is 1. The van der Waals surface area contributed by atoms with Gasteiger partial charge in [0.25, 0.3) is 0 Å². The summed E-state index contributed by atoms with van der Waals surface area (Å²) in [5.74, 6) is 0.861. The number of nitrogens with zero attached hydrogens (tertiary/aromatic N) is 1. The molecule has 0 spiro atoms. The zero-order chi connectivity index (χ0) is 15.3. The average molecular weight is 365 g/mol. The number of methoxy groups -OCH3 is 1. The Morgan fingerprint density at radius 3 is 2.60 bits per heavy atom. The quantitative estimate of drug-likeness (QED) is 0.792. The van der Waals surface area contributed by atoms with E-state index < -0.39 is 9.84 Å². The van der Waals surface area contributed by atoms with Crippen LogP contribution in [0.5, 0.6) is 5.75 Å². The van der Waals surface area contributed by atoms with Gasteiger partial charge in [-0.2, -0.15) is 0 Å². The van der Waals surface area contributed by atoms with Crippen LogP contribution in [0.25, 0.3) is 0 Å². The predicted octanol–water partition coefficient (Wildman–Crippen LogP) is 1.43. The normalized spacial score (nSPS) is 13.5. The van der Waals surface area contributed by atoms with Crippen LogP contribution >= 0.6 is 15.9 Å². The van der Waals surface area contributed by atoms with Gasteiger partial charge >= 0.3 is 0 Å². The minimum Gasteiger partial charge on any atom is -0.497 e. The van der Waals surface area contributed by atoms with Crippen molar-refractivity contribution in [2.45, 2.75) is 6.04 Å². The average Bonchev–Trinajstić information content (AvgIpc) is 2.38. The fourth-order valence-corrected chi connectivity index (χ4v) is 3.04. The van der Waals surface area contributed by atoms with E-state index in [0.29, 0.717) is 13.1 Å². The van der Waals surface area contributed by atoms with Gasteiger partial charge in [-0.1, -0.05) is 15.9 Å². The van der Waals surface area contributed by atoms with E-state index in [9.17, 15) is 8.42 Å². The number of ether oxygens (including phenoxy) is 1. The van der Waals surface area contributed by atoms with Crippen molar-refractivity contribution in [3.63, 3.8) is 0 Å². The van der Waals surface area contributed by atoms with Crippen molar-refractivity contribution in [3.8, 4) is 5.75 Å². The summed E-state index contributed by atoms with van der Waals surface area (Å²) in [5, 5.41) is 0. The Morgan fingerprint density at radius 1 is 1.45 bits per heavy atom. The maximum atomic E-state index is 11.3. The van der Waals surface area contributed by atoms with Crippen LogP contribution in [0.3, 0.4) is 0 Å². The summed E-state index contributed by atoms with van der Waals surface area (Å²) >= 11 is 3.50. The van der Waals surface area contributed by atoms with Crippen molar-refractivity contribution < 1.29 is 13.2 Å². The molecule has 0 saturated heterocycles. The lowest BCUT2D eigenvalue weighted by Crippen LogP contribution is -2.34. The third-order valence-corrected chi connectivity index (χ3v) is 4.78. The molecule has 0 aromatic heterocycles. The molecule has 0 heterocycles. The molecule has 1 atom stereocenters. The van der Waals surface area contributed by atoms with E-state index in [1.807, 2.05) is 30.1 Å². The van der Waals surface area contributed by atoms with Gasteiger partial charge in [-0.15, -0.1) is 0 Å². The van der Waals surface area contributed by atoms with Crippen LogP contribution < -0.4 is 10.5 Å². The Bertz CT molecular complexity index is 549. The summed E-state index contributed by atoms with van der Waals surface area (Å²) in [6.45, 7) is 0.830. The summed E-state index contributed by atoms with van der Waals surface area (Å²) in [7, 11) is 0.494. The zero-order valence-corrected chi connectivity index (χ0v) is 14.4. The molecule has 0 aliphatic carbocycles. The van der Waals surface area contributed by atoms with E-state index in [4.69, 9.17) is 10.5 Å². The van der Waals surface area contributed by atoms with E-state index in [0.717, 1.165) is 15.8 Å². The van der Waals surface area contributed by atoms with Gasteiger partial charge in [0.2, 0.25) is 0 Å². The molecule has 114 valence electrons. The van der Waals surface area contributed by atoms with Gasteiger partial charge in [0.15, 0.2) is 0 Å². The van der Waals surface area contributed by atoms with Crippen molar-refractivity contribution in [1.29, 1.82) is 0 Å². The second-order valence-corrected chi connectivity index (χ2v) is 7.86. The molecule has 0 bridgehead atoms. The summed E-state index contributed by atoms with van der Waals surface area (Å²) in [6.07, 6.45) is 1.24. The Balaban J connectivity index is 2.94. The van der Waals surface area contributed by atoms with E-state index >= 15 is 0 Å². The van der Waals surface area contributed by atoms with E-state index in [2.05, 4.69) is 15.9 Å². The van der Waals surface area contributed by atoms with Crippen molar-refractivity contribution in [3.05, 3.63) is 28.2 Å². The summed E-state index contributed by atoms with van der Waals surface area (Å²) in [6, 6.07) is 5.61. The van der Waals surface area contributed by atoms with E-state index in [1.165, 1.54) is 6.26 Å². The molecular weight excluding hydrogens is 344 g/mol. The predicted molar refractivity (Wildman–Crippen MR) is 84.8 cm³/mol. The largest absolute Gasteiger partial charge is 0.497 e. The van der Waals surface area contributed by atoms with Gasteiger partial charge < -0.3 is 10.5 Å². The van der Waals surface area contributed by atoms with Crippen LogP contribution in [-0.4, -0.2) is 52.6 Å². The standard InChI is InChI=1S/C13H21BrN2O3S/c1-16(6-7-20(3,17)18)13(9-15)11-8-10(19-2)4-5-12(11)14/h4-5,8,13H,6-7,9,15H2,1-3H3. The molecule has 1 aromatic rings. The molecule has 0 aliphatic heterocycles. The van der Waals surface area contributed by atoms with Crippen molar-refractivity contribution in [2.24, 2.45) is 5.73 Å². The first-order valence-corrected chi connectivity index (χ1v) is 9.05. The maximum Gasteiger partial charge on any atom is 0.148 e. The van der Waals surface area contributed by atoms with Gasteiger partial charge in [0, 0.05) is 29.9 Å². The first-order valence-electron chi connectivity index (χ1n) is 6.20. The molecule has 5 nitrogen and oxygen atoms in total. The third kappa shape index (κ3) is 5.05. The lowest BCUT2D eigenvalue weighted by molar-refractivity contribution is 0.263. The second kappa shape index (κ2) is 7.40. The highest BCUT2D eigenvalue weighted by Gasteiger charge is 2.19. The first-order chi connectivity index (χ1) is 9.28. The van der Waals surface area contributed by atoms with Crippen LogP contribution in [0, 0.1) is 0 Å². The Hall–Kier alpha value is -0.630. The van der Waals surface area contributed by atoms with Crippen LogP contribution in [0.4, 0.5) is 0 Å². The number of rotatable bonds is 7. The first kappa shape index (κ1) is 17.4. The van der Waals surface area contributed by atoms with Crippen LogP contribution in [0.15, 0.2) is 22.7 Å². The molecule has 0 radical (unpaired) electrons. The van der Waals surface area contributed by atoms with Crippen molar-refractivity contribution >= 4 is 25.8 Å². The van der Waals surface area contributed by atoms with Crippen LogP contribution in [0.2, 0.25) is 0 Å². The Morgan fingerprint density at radius 2 is 2.10 bits per heavy atom. The molecule has 0 amide bonds. The van der Waals surface area contributed by atoms with Crippen molar-refractivity contribution in [1.82, 2.24) is 4.90 Å². The SMILES string of the molecule is COc1ccc(Br)c(C(CN)N(C)CCS(C)(=O)=O)c1. The number of halogens is 1. The minimum atomic E-state index is -2.98. The smallest absolute Gasteiger partial charge is 0.148 e. The van der Waals surface area contributed by atoms with Gasteiger partial charge in [-0.05, 0) is 30.8 Å². The molecule has 20 heavy (non-hydrogen) atoms. The van der Waals surface area contributed by atoms with E-state index in [1.54, 1.807) is 7.11 Å². The summed E-state index contributed by atoms with van der Waals surface area (Å²) in [4.78, 5) is 1.95. The topological polar surface area (TPSA) is 72.6 Å². The molecule has 2 N–H and O–H groups in total. The molecule has 0 fully saturated rings. The molecule has 1 aromatic carbocycles. The molecule has 0 saturated carbocycles. The maximum absolute atomic E-state index is 11.3. The second-order valence-electron chi connectivity index (χ2n) is 4.75. The minimum absolute atomic E-state index is 0.0683. The zero-order valence-electron chi connectivity index (χ0n) is 12.0. The fraction of sp³-hybridized carbons (Fsp3) is 0.538. The molecular formula is C13H21BrN2O3S. The number of hydrogen-bond acceptors (Lipinski definition) is 5. The number of sulfone groups is 1. The van der Waals surface area contributed by atoms with E-state index in [-0.39, 0.29) is 11.8 Å². The Labute approximate surface area is 129 Å². The number of likely N-dealkylation sites (N-methyl/N-ethyl adjacent to an activating group) is 1. The summed E-state index contributed by atoms with van der Waals surface area (Å²) in [5.41, 5.74) is 6.84. The Kier molecular flexibility index (Phi) is 6.44. The molecule has 1 rings (SSSR count). The van der Waals surface area contributed by atoms with Gasteiger partial charge in [-0.3, -0.25) is 4.90 Å². The number of hydrogen-bond donors (Lipinski definition) is 1. The van der Waals surface area contributed by atoms with Crippen LogP contribution in [0.1, 0.15) is 11.6 Å². The third-order valence-electron chi connectivity index (χ3n) is 3.13. The van der Waals surface area contributed by atoms with Gasteiger partial charge in [-0.25, -0.2) is 8.42 Å².